The highest BCUT2D eigenvalue weighted by molar-refractivity contribution is 5.98. The Labute approximate surface area is 291 Å². The lowest BCUT2D eigenvalue weighted by molar-refractivity contribution is 0.439. The molecular weight excluding hydrogens is 605 g/mol. The molecule has 0 fully saturated rings. The lowest BCUT2D eigenvalue weighted by Gasteiger charge is -2.43. The summed E-state index contributed by atoms with van der Waals surface area (Å²) in [5.41, 5.74) is 8.87. The summed E-state index contributed by atoms with van der Waals surface area (Å²) in [7, 11) is 0. The molecule has 0 unspecified atom stereocenters. The fourth-order valence-electron chi connectivity index (χ4n) is 8.26. The summed E-state index contributed by atoms with van der Waals surface area (Å²) in [4.78, 5) is 0. The summed E-state index contributed by atoms with van der Waals surface area (Å²) >= 11 is 0. The second-order valence-corrected chi connectivity index (χ2v) is 13.3. The molecule has 0 radical (unpaired) electrons. The van der Waals surface area contributed by atoms with E-state index in [1.165, 1.54) is 76.8 Å². The van der Waals surface area contributed by atoms with Gasteiger partial charge in [-0.1, -0.05) is 176 Å². The van der Waals surface area contributed by atoms with Gasteiger partial charge in [-0.15, -0.1) is 0 Å². The van der Waals surface area contributed by atoms with Gasteiger partial charge in [0.1, 0.15) is 11.5 Å². The summed E-state index contributed by atoms with van der Waals surface area (Å²) in [5, 5.41) is 7.26. The first-order chi connectivity index (χ1) is 24.8. The van der Waals surface area contributed by atoms with Crippen LogP contribution in [0.15, 0.2) is 194 Å². The zero-order valence-electron chi connectivity index (χ0n) is 27.4. The lowest BCUT2D eigenvalue weighted by atomic mass is 9.61. The molecular formula is C49H32O. The van der Waals surface area contributed by atoms with Crippen molar-refractivity contribution in [2.75, 3.05) is 0 Å². The van der Waals surface area contributed by atoms with Crippen molar-refractivity contribution in [1.29, 1.82) is 0 Å². The van der Waals surface area contributed by atoms with Crippen LogP contribution >= 0.6 is 0 Å². The van der Waals surface area contributed by atoms with E-state index in [-0.39, 0.29) is 0 Å². The highest BCUT2D eigenvalue weighted by atomic mass is 16.5. The zero-order chi connectivity index (χ0) is 33.1. The van der Waals surface area contributed by atoms with E-state index in [4.69, 9.17) is 4.74 Å². The molecule has 10 rings (SSSR count). The third-order valence-corrected chi connectivity index (χ3v) is 10.6. The predicted molar refractivity (Wildman–Crippen MR) is 208 cm³/mol. The molecule has 9 aromatic rings. The van der Waals surface area contributed by atoms with Gasteiger partial charge in [0.15, 0.2) is 0 Å². The molecule has 0 bridgehead atoms. The van der Waals surface area contributed by atoms with Gasteiger partial charge in [0, 0.05) is 11.1 Å². The maximum absolute atomic E-state index is 6.92. The van der Waals surface area contributed by atoms with Gasteiger partial charge >= 0.3 is 0 Å². The minimum Gasteiger partial charge on any atom is -0.457 e. The molecule has 1 aliphatic heterocycles. The third kappa shape index (κ3) is 4.34. The van der Waals surface area contributed by atoms with Gasteiger partial charge in [-0.25, -0.2) is 0 Å². The molecule has 1 heterocycles. The van der Waals surface area contributed by atoms with E-state index in [2.05, 4.69) is 194 Å². The summed E-state index contributed by atoms with van der Waals surface area (Å²) in [6.45, 7) is 0. The van der Waals surface area contributed by atoms with Gasteiger partial charge < -0.3 is 4.74 Å². The van der Waals surface area contributed by atoms with E-state index in [1.54, 1.807) is 0 Å². The monoisotopic (exact) mass is 636 g/mol. The smallest absolute Gasteiger partial charge is 0.132 e. The first-order valence-electron chi connectivity index (χ1n) is 17.3. The van der Waals surface area contributed by atoms with Gasteiger partial charge in [0.05, 0.1) is 5.41 Å². The maximum Gasteiger partial charge on any atom is 0.132 e. The molecule has 0 saturated heterocycles. The lowest BCUT2D eigenvalue weighted by Crippen LogP contribution is -2.34. The summed E-state index contributed by atoms with van der Waals surface area (Å²) in [6.07, 6.45) is 0. The van der Waals surface area contributed by atoms with Crippen molar-refractivity contribution in [2.45, 2.75) is 5.41 Å². The molecule has 0 N–H and O–H groups in total. The molecule has 1 heteroatoms. The largest absolute Gasteiger partial charge is 0.457 e. The molecule has 0 spiro atoms. The maximum atomic E-state index is 6.92. The van der Waals surface area contributed by atoms with Crippen LogP contribution in [0, 0.1) is 0 Å². The predicted octanol–water partition coefficient (Wildman–Crippen LogP) is 13.0. The van der Waals surface area contributed by atoms with Crippen LogP contribution in [0.1, 0.15) is 22.3 Å². The Morgan fingerprint density at radius 2 is 0.720 bits per heavy atom. The van der Waals surface area contributed by atoms with Crippen LogP contribution in [-0.2, 0) is 5.41 Å². The molecule has 1 nitrogen and oxygen atoms in total. The molecule has 0 amide bonds. The second-order valence-electron chi connectivity index (χ2n) is 13.3. The molecule has 0 atom stereocenters. The normalized spacial score (nSPS) is 13.1. The highest BCUT2D eigenvalue weighted by Crippen LogP contribution is 2.59. The summed E-state index contributed by atoms with van der Waals surface area (Å²) < 4.78 is 6.92. The van der Waals surface area contributed by atoms with Crippen molar-refractivity contribution in [3.63, 3.8) is 0 Å². The van der Waals surface area contributed by atoms with E-state index in [1.807, 2.05) is 0 Å². The van der Waals surface area contributed by atoms with Crippen LogP contribution < -0.4 is 4.74 Å². The topological polar surface area (TPSA) is 9.23 Å². The summed E-state index contributed by atoms with van der Waals surface area (Å²) in [6, 6.07) is 70.6. The van der Waals surface area contributed by atoms with E-state index < -0.39 is 5.41 Å². The van der Waals surface area contributed by atoms with Crippen molar-refractivity contribution in [3.8, 4) is 33.8 Å². The van der Waals surface area contributed by atoms with Crippen molar-refractivity contribution >= 4 is 32.3 Å². The Balaban J connectivity index is 1.30. The molecule has 0 saturated carbocycles. The molecule has 1 aliphatic rings. The van der Waals surface area contributed by atoms with Gasteiger partial charge in [0.25, 0.3) is 0 Å². The average molecular weight is 637 g/mol. The van der Waals surface area contributed by atoms with Crippen LogP contribution in [-0.4, -0.2) is 0 Å². The number of rotatable bonds is 4. The minimum absolute atomic E-state index is 0.679. The van der Waals surface area contributed by atoms with E-state index >= 15 is 0 Å². The van der Waals surface area contributed by atoms with Gasteiger partial charge in [0.2, 0.25) is 0 Å². The Morgan fingerprint density at radius 1 is 0.300 bits per heavy atom. The average Bonchev–Trinajstić information content (AvgIpc) is 3.20. The Morgan fingerprint density at radius 3 is 1.30 bits per heavy atom. The van der Waals surface area contributed by atoms with Gasteiger partial charge in [-0.3, -0.25) is 0 Å². The fourth-order valence-corrected chi connectivity index (χ4v) is 8.26. The number of fused-ring (bicyclic) bond motifs is 7. The molecule has 0 aliphatic carbocycles. The van der Waals surface area contributed by atoms with E-state index in [0.29, 0.717) is 0 Å². The van der Waals surface area contributed by atoms with Crippen molar-refractivity contribution in [3.05, 3.63) is 216 Å². The standard InChI is InChI=1S/C49H32O/c1-2-10-33(11-3-1)35-20-26-41(27-21-35)49(42-28-22-36(23-29-42)40-19-18-34-12-4-5-15-39(34)32-40)47-43-16-8-6-13-37(43)24-30-45(47)50-46-31-25-38-14-7-9-17-44(38)48(46)49/h1-32H. The minimum atomic E-state index is -0.679. The van der Waals surface area contributed by atoms with Crippen LogP contribution in [0.5, 0.6) is 11.5 Å². The van der Waals surface area contributed by atoms with E-state index in [9.17, 15) is 0 Å². The van der Waals surface area contributed by atoms with Crippen LogP contribution in [0.2, 0.25) is 0 Å². The molecule has 9 aromatic carbocycles. The van der Waals surface area contributed by atoms with Gasteiger partial charge in [-0.2, -0.15) is 0 Å². The molecule has 0 aromatic heterocycles. The molecule has 50 heavy (non-hydrogen) atoms. The van der Waals surface area contributed by atoms with Crippen LogP contribution in [0.3, 0.4) is 0 Å². The fraction of sp³-hybridized carbons (Fsp3) is 0.0204. The third-order valence-electron chi connectivity index (χ3n) is 10.6. The highest BCUT2D eigenvalue weighted by Gasteiger charge is 2.47. The summed E-state index contributed by atoms with van der Waals surface area (Å²) in [5.74, 6) is 1.77. The first kappa shape index (κ1) is 28.6. The number of hydrogen-bond acceptors (Lipinski definition) is 1. The Hall–Kier alpha value is -6.44. The second kappa shape index (κ2) is 11.3. The number of ether oxygens (including phenoxy) is 1. The number of hydrogen-bond donors (Lipinski definition) is 0. The van der Waals surface area contributed by atoms with Crippen molar-refractivity contribution < 1.29 is 4.74 Å². The SMILES string of the molecule is c1ccc(-c2ccc(C3(c4ccc(-c5ccc6ccccc6c5)cc4)c4c(ccc5ccccc45)Oc4ccc5ccccc5c43)cc2)cc1. The van der Waals surface area contributed by atoms with Crippen LogP contribution in [0.25, 0.3) is 54.6 Å². The number of benzene rings is 9. The molecule has 234 valence electrons. The van der Waals surface area contributed by atoms with Crippen molar-refractivity contribution in [2.24, 2.45) is 0 Å². The first-order valence-corrected chi connectivity index (χ1v) is 17.3. The van der Waals surface area contributed by atoms with Crippen LogP contribution in [0.4, 0.5) is 0 Å². The quantitative estimate of drug-likeness (QED) is 0.187. The van der Waals surface area contributed by atoms with Gasteiger partial charge in [-0.05, 0) is 83.9 Å². The van der Waals surface area contributed by atoms with Crippen molar-refractivity contribution in [1.82, 2.24) is 0 Å². The van der Waals surface area contributed by atoms with E-state index in [0.717, 1.165) is 11.5 Å². The Bertz CT molecular complexity index is 2620. The Kier molecular flexibility index (Phi) is 6.47. The zero-order valence-corrected chi connectivity index (χ0v) is 27.4.